The normalized spacial score (nSPS) is 15.8. The summed E-state index contributed by atoms with van der Waals surface area (Å²) in [6, 6.07) is 18.5. The molecule has 0 bridgehead atoms. The molecule has 0 aromatic heterocycles. The lowest BCUT2D eigenvalue weighted by molar-refractivity contribution is 0.300. The van der Waals surface area contributed by atoms with E-state index >= 15 is 0 Å². The highest BCUT2D eigenvalue weighted by atomic mass is 16.5. The number of hydrogen-bond donors (Lipinski definition) is 1. The summed E-state index contributed by atoms with van der Waals surface area (Å²) in [6.07, 6.45) is 3.74. The average Bonchev–Trinajstić information content (AvgIpc) is 3.30. The van der Waals surface area contributed by atoms with Gasteiger partial charge < -0.3 is 10.5 Å². The van der Waals surface area contributed by atoms with E-state index in [1.807, 2.05) is 36.4 Å². The standard InChI is InChI=1S/C18H21NO/c19-17(12-14-10-11-14)16-8-4-5-9-18(16)20-13-15-6-2-1-3-7-15/h1-9,14,17H,10-13,19H2/t17-/m1/s1. The molecule has 0 aliphatic heterocycles. The molecule has 0 radical (unpaired) electrons. The zero-order valence-corrected chi connectivity index (χ0v) is 11.7. The molecule has 2 aromatic carbocycles. The molecule has 1 fully saturated rings. The maximum atomic E-state index is 6.33. The zero-order valence-electron chi connectivity index (χ0n) is 11.7. The van der Waals surface area contributed by atoms with E-state index in [1.165, 1.54) is 18.4 Å². The topological polar surface area (TPSA) is 35.2 Å². The molecule has 20 heavy (non-hydrogen) atoms. The molecule has 3 rings (SSSR count). The molecular weight excluding hydrogens is 246 g/mol. The zero-order chi connectivity index (χ0) is 13.8. The Kier molecular flexibility index (Phi) is 4.03. The molecule has 0 heterocycles. The third kappa shape index (κ3) is 3.40. The fourth-order valence-corrected chi connectivity index (χ4v) is 2.49. The van der Waals surface area contributed by atoms with Gasteiger partial charge in [0.25, 0.3) is 0 Å². The largest absolute Gasteiger partial charge is 0.489 e. The van der Waals surface area contributed by atoms with Crippen LogP contribution in [0, 0.1) is 5.92 Å². The third-order valence-corrected chi connectivity index (χ3v) is 3.84. The Balaban J connectivity index is 1.68. The van der Waals surface area contributed by atoms with Gasteiger partial charge in [-0.25, -0.2) is 0 Å². The SMILES string of the molecule is N[C@H](CC1CC1)c1ccccc1OCc1ccccc1. The van der Waals surface area contributed by atoms with Crippen molar-refractivity contribution >= 4 is 0 Å². The molecule has 104 valence electrons. The van der Waals surface area contributed by atoms with Crippen molar-refractivity contribution in [3.63, 3.8) is 0 Å². The molecule has 0 unspecified atom stereocenters. The van der Waals surface area contributed by atoms with Gasteiger partial charge >= 0.3 is 0 Å². The Morgan fingerprint density at radius 2 is 1.70 bits per heavy atom. The Morgan fingerprint density at radius 3 is 2.45 bits per heavy atom. The highest BCUT2D eigenvalue weighted by Gasteiger charge is 2.25. The van der Waals surface area contributed by atoms with Crippen molar-refractivity contribution in [3.8, 4) is 5.75 Å². The van der Waals surface area contributed by atoms with Crippen LogP contribution in [0.1, 0.15) is 36.4 Å². The summed E-state index contributed by atoms with van der Waals surface area (Å²) < 4.78 is 5.97. The second-order valence-electron chi connectivity index (χ2n) is 5.60. The van der Waals surface area contributed by atoms with Gasteiger partial charge in [-0.2, -0.15) is 0 Å². The summed E-state index contributed by atoms with van der Waals surface area (Å²) in [4.78, 5) is 0. The van der Waals surface area contributed by atoms with E-state index in [0.717, 1.165) is 23.7 Å². The molecule has 2 N–H and O–H groups in total. The molecule has 1 aliphatic rings. The van der Waals surface area contributed by atoms with Gasteiger partial charge in [-0.1, -0.05) is 61.4 Å². The predicted molar refractivity (Wildman–Crippen MR) is 81.5 cm³/mol. The van der Waals surface area contributed by atoms with Crippen LogP contribution in [-0.4, -0.2) is 0 Å². The predicted octanol–water partition coefficient (Wildman–Crippen LogP) is 4.07. The fourth-order valence-electron chi connectivity index (χ4n) is 2.49. The van der Waals surface area contributed by atoms with Gasteiger partial charge in [-0.15, -0.1) is 0 Å². The van der Waals surface area contributed by atoms with Gasteiger partial charge in [-0.05, 0) is 24.0 Å². The van der Waals surface area contributed by atoms with Crippen LogP contribution < -0.4 is 10.5 Å². The number of ether oxygens (including phenoxy) is 1. The number of nitrogens with two attached hydrogens (primary N) is 1. The van der Waals surface area contributed by atoms with Gasteiger partial charge in [0.2, 0.25) is 0 Å². The van der Waals surface area contributed by atoms with E-state index < -0.39 is 0 Å². The number of benzene rings is 2. The molecule has 2 heteroatoms. The molecule has 1 atom stereocenters. The van der Waals surface area contributed by atoms with Crippen molar-refractivity contribution in [2.45, 2.75) is 31.9 Å². The summed E-state index contributed by atoms with van der Waals surface area (Å²) in [6.45, 7) is 0.591. The van der Waals surface area contributed by atoms with Crippen molar-refractivity contribution in [3.05, 3.63) is 65.7 Å². The molecule has 2 nitrogen and oxygen atoms in total. The first-order chi connectivity index (χ1) is 9.83. The monoisotopic (exact) mass is 267 g/mol. The molecular formula is C18H21NO. The first-order valence-corrected chi connectivity index (χ1v) is 7.34. The molecule has 2 aromatic rings. The van der Waals surface area contributed by atoms with Crippen LogP contribution in [0.25, 0.3) is 0 Å². The van der Waals surface area contributed by atoms with Gasteiger partial charge in [0.15, 0.2) is 0 Å². The van der Waals surface area contributed by atoms with Crippen LogP contribution in [0.3, 0.4) is 0 Å². The second kappa shape index (κ2) is 6.10. The van der Waals surface area contributed by atoms with E-state index in [-0.39, 0.29) is 6.04 Å². The minimum absolute atomic E-state index is 0.0921. The molecule has 1 aliphatic carbocycles. The Hall–Kier alpha value is -1.80. The van der Waals surface area contributed by atoms with Crippen molar-refractivity contribution < 1.29 is 4.74 Å². The quantitative estimate of drug-likeness (QED) is 0.856. The maximum absolute atomic E-state index is 6.33. The van der Waals surface area contributed by atoms with Gasteiger partial charge in [0, 0.05) is 11.6 Å². The second-order valence-corrected chi connectivity index (χ2v) is 5.60. The van der Waals surface area contributed by atoms with E-state index in [2.05, 4.69) is 18.2 Å². The summed E-state index contributed by atoms with van der Waals surface area (Å²) >= 11 is 0. The van der Waals surface area contributed by atoms with Crippen LogP contribution in [0.2, 0.25) is 0 Å². The van der Waals surface area contributed by atoms with Gasteiger partial charge in [-0.3, -0.25) is 0 Å². The van der Waals surface area contributed by atoms with Crippen molar-refractivity contribution in [1.82, 2.24) is 0 Å². The Labute approximate surface area is 120 Å². The lowest BCUT2D eigenvalue weighted by Gasteiger charge is -2.17. The molecule has 0 saturated heterocycles. The van der Waals surface area contributed by atoms with E-state index in [0.29, 0.717) is 6.61 Å². The van der Waals surface area contributed by atoms with Crippen LogP contribution in [0.15, 0.2) is 54.6 Å². The van der Waals surface area contributed by atoms with Crippen molar-refractivity contribution in [2.75, 3.05) is 0 Å². The molecule has 0 amide bonds. The minimum Gasteiger partial charge on any atom is -0.489 e. The summed E-state index contributed by atoms with van der Waals surface area (Å²) in [7, 11) is 0. The Morgan fingerprint density at radius 1 is 1.00 bits per heavy atom. The van der Waals surface area contributed by atoms with Gasteiger partial charge in [0.1, 0.15) is 12.4 Å². The lowest BCUT2D eigenvalue weighted by atomic mass is 10.0. The van der Waals surface area contributed by atoms with Crippen LogP contribution in [0.5, 0.6) is 5.75 Å². The first kappa shape index (κ1) is 13.2. The highest BCUT2D eigenvalue weighted by molar-refractivity contribution is 5.36. The van der Waals surface area contributed by atoms with Crippen molar-refractivity contribution in [1.29, 1.82) is 0 Å². The number of rotatable bonds is 6. The summed E-state index contributed by atoms with van der Waals surface area (Å²) in [5.74, 6) is 1.75. The van der Waals surface area contributed by atoms with Crippen LogP contribution in [-0.2, 0) is 6.61 Å². The molecule has 0 spiro atoms. The summed E-state index contributed by atoms with van der Waals surface area (Å²) in [5, 5.41) is 0. The van der Waals surface area contributed by atoms with Crippen LogP contribution >= 0.6 is 0 Å². The smallest absolute Gasteiger partial charge is 0.124 e. The highest BCUT2D eigenvalue weighted by Crippen LogP contribution is 2.38. The van der Waals surface area contributed by atoms with E-state index in [1.54, 1.807) is 0 Å². The number of hydrogen-bond acceptors (Lipinski definition) is 2. The van der Waals surface area contributed by atoms with Gasteiger partial charge in [0.05, 0.1) is 0 Å². The lowest BCUT2D eigenvalue weighted by Crippen LogP contribution is -2.12. The first-order valence-electron chi connectivity index (χ1n) is 7.34. The van der Waals surface area contributed by atoms with Crippen LogP contribution in [0.4, 0.5) is 0 Å². The van der Waals surface area contributed by atoms with E-state index in [9.17, 15) is 0 Å². The Bertz CT molecular complexity index is 548. The average molecular weight is 267 g/mol. The van der Waals surface area contributed by atoms with E-state index in [4.69, 9.17) is 10.5 Å². The molecule has 1 saturated carbocycles. The summed E-state index contributed by atoms with van der Waals surface area (Å²) in [5.41, 5.74) is 8.64. The third-order valence-electron chi connectivity index (χ3n) is 3.84. The minimum atomic E-state index is 0.0921. The fraction of sp³-hybridized carbons (Fsp3) is 0.333. The van der Waals surface area contributed by atoms with Crippen molar-refractivity contribution in [2.24, 2.45) is 11.7 Å². The number of para-hydroxylation sites is 1. The maximum Gasteiger partial charge on any atom is 0.124 e.